The van der Waals surface area contributed by atoms with Gasteiger partial charge in [-0.2, -0.15) is 0 Å². The van der Waals surface area contributed by atoms with E-state index < -0.39 is 0 Å². The molecule has 2 rings (SSSR count). The van der Waals surface area contributed by atoms with Crippen molar-refractivity contribution >= 4 is 11.6 Å². The second-order valence-corrected chi connectivity index (χ2v) is 5.58. The first kappa shape index (κ1) is 14.0. The lowest BCUT2D eigenvalue weighted by Crippen LogP contribution is -2.59. The number of ether oxygens (including phenoxy) is 1. The number of rotatable bonds is 4. The highest BCUT2D eigenvalue weighted by molar-refractivity contribution is 5.94. The number of hydrogen-bond acceptors (Lipinski definition) is 3. The number of carbonyl (C=O) groups is 1. The van der Waals surface area contributed by atoms with Crippen LogP contribution in [-0.2, 0) is 9.53 Å². The van der Waals surface area contributed by atoms with E-state index in [0.717, 1.165) is 24.3 Å². The van der Waals surface area contributed by atoms with Gasteiger partial charge in [-0.1, -0.05) is 17.7 Å². The molecule has 1 heterocycles. The van der Waals surface area contributed by atoms with Crippen molar-refractivity contribution in [3.05, 3.63) is 29.3 Å². The lowest BCUT2D eigenvalue weighted by molar-refractivity contribution is -0.133. The molecule has 1 aromatic rings. The Morgan fingerprint density at radius 2 is 2.11 bits per heavy atom. The number of anilines is 1. The number of aryl methyl sites for hydroxylation is 2. The minimum atomic E-state index is -0.182. The highest BCUT2D eigenvalue weighted by atomic mass is 16.5. The second kappa shape index (κ2) is 5.31. The van der Waals surface area contributed by atoms with Gasteiger partial charge >= 0.3 is 0 Å². The van der Waals surface area contributed by atoms with E-state index >= 15 is 0 Å². The molecule has 1 N–H and O–H groups in total. The first-order chi connectivity index (χ1) is 8.91. The van der Waals surface area contributed by atoms with Gasteiger partial charge < -0.3 is 15.0 Å². The van der Waals surface area contributed by atoms with Gasteiger partial charge in [-0.3, -0.25) is 4.79 Å². The minimum absolute atomic E-state index is 0.0138. The maximum Gasteiger partial charge on any atom is 0.252 e. The van der Waals surface area contributed by atoms with Gasteiger partial charge in [-0.15, -0.1) is 0 Å². The van der Waals surface area contributed by atoms with E-state index in [0.29, 0.717) is 0 Å². The maximum absolute atomic E-state index is 12.1. The van der Waals surface area contributed by atoms with Crippen LogP contribution >= 0.6 is 0 Å². The van der Waals surface area contributed by atoms with Crippen LogP contribution in [0.15, 0.2) is 18.2 Å². The molecule has 1 amide bonds. The highest BCUT2D eigenvalue weighted by Crippen LogP contribution is 2.21. The Labute approximate surface area is 114 Å². The van der Waals surface area contributed by atoms with Crippen LogP contribution in [0, 0.1) is 13.8 Å². The number of benzene rings is 1. The summed E-state index contributed by atoms with van der Waals surface area (Å²) >= 11 is 0. The number of amides is 1. The molecule has 0 aliphatic carbocycles. The van der Waals surface area contributed by atoms with Crippen LogP contribution in [0.25, 0.3) is 0 Å². The van der Waals surface area contributed by atoms with Crippen molar-refractivity contribution in [2.24, 2.45) is 0 Å². The number of carbonyl (C=O) groups excluding carboxylic acids is 1. The van der Waals surface area contributed by atoms with E-state index in [1.165, 1.54) is 5.56 Å². The zero-order chi connectivity index (χ0) is 14.0. The van der Waals surface area contributed by atoms with Gasteiger partial charge in [0.1, 0.15) is 6.61 Å². The Hall–Kier alpha value is -1.39. The van der Waals surface area contributed by atoms with E-state index in [-0.39, 0.29) is 18.1 Å². The summed E-state index contributed by atoms with van der Waals surface area (Å²) in [5.74, 6) is -0.0138. The monoisotopic (exact) mass is 262 g/mol. The van der Waals surface area contributed by atoms with Crippen LogP contribution in [0.3, 0.4) is 0 Å². The zero-order valence-electron chi connectivity index (χ0n) is 12.1. The van der Waals surface area contributed by atoms with Gasteiger partial charge in [-0.25, -0.2) is 0 Å². The average Bonchev–Trinajstić information content (AvgIpc) is 2.33. The van der Waals surface area contributed by atoms with Crippen LogP contribution in [0.1, 0.15) is 18.1 Å². The third kappa shape index (κ3) is 3.14. The molecule has 0 atom stereocenters. The fourth-order valence-electron chi connectivity index (χ4n) is 2.23. The van der Waals surface area contributed by atoms with Gasteiger partial charge in [0, 0.05) is 25.8 Å². The SMILES string of the molecule is Cc1ccc(N(C)C(=O)COC2(C)CNC2)c(C)c1. The molecule has 0 bridgehead atoms. The first-order valence-corrected chi connectivity index (χ1v) is 6.60. The molecule has 1 aromatic carbocycles. The predicted octanol–water partition coefficient (Wildman–Crippen LogP) is 1.64. The van der Waals surface area contributed by atoms with Crippen LogP contribution in [0.5, 0.6) is 0 Å². The van der Waals surface area contributed by atoms with Crippen LogP contribution in [0.2, 0.25) is 0 Å². The summed E-state index contributed by atoms with van der Waals surface area (Å²) < 4.78 is 5.68. The minimum Gasteiger partial charge on any atom is -0.363 e. The smallest absolute Gasteiger partial charge is 0.252 e. The summed E-state index contributed by atoms with van der Waals surface area (Å²) in [6, 6.07) is 6.08. The van der Waals surface area contributed by atoms with Crippen molar-refractivity contribution in [1.29, 1.82) is 0 Å². The molecule has 19 heavy (non-hydrogen) atoms. The molecule has 4 heteroatoms. The molecule has 1 saturated heterocycles. The Morgan fingerprint density at radius 3 is 2.63 bits per heavy atom. The number of nitrogens with zero attached hydrogens (tertiary/aromatic N) is 1. The summed E-state index contributed by atoms with van der Waals surface area (Å²) in [5.41, 5.74) is 3.06. The summed E-state index contributed by atoms with van der Waals surface area (Å²) in [4.78, 5) is 13.8. The topological polar surface area (TPSA) is 41.6 Å². The van der Waals surface area contributed by atoms with Crippen molar-refractivity contribution in [3.63, 3.8) is 0 Å². The lowest BCUT2D eigenvalue weighted by atomic mass is 10.0. The van der Waals surface area contributed by atoms with Crippen molar-refractivity contribution in [2.45, 2.75) is 26.4 Å². The van der Waals surface area contributed by atoms with E-state index in [2.05, 4.69) is 11.4 Å². The van der Waals surface area contributed by atoms with Crippen LogP contribution < -0.4 is 10.2 Å². The van der Waals surface area contributed by atoms with Gasteiger partial charge in [0.05, 0.1) is 5.60 Å². The Kier molecular flexibility index (Phi) is 3.92. The van der Waals surface area contributed by atoms with Gasteiger partial charge in [0.2, 0.25) is 0 Å². The van der Waals surface area contributed by atoms with Crippen LogP contribution in [-0.4, -0.2) is 38.3 Å². The van der Waals surface area contributed by atoms with E-state index in [1.807, 2.05) is 32.9 Å². The number of hydrogen-bond donors (Lipinski definition) is 1. The Morgan fingerprint density at radius 1 is 1.42 bits per heavy atom. The number of likely N-dealkylation sites (N-methyl/N-ethyl adjacent to an activating group) is 1. The fourth-order valence-corrected chi connectivity index (χ4v) is 2.23. The lowest BCUT2D eigenvalue weighted by Gasteiger charge is -2.39. The third-order valence-corrected chi connectivity index (χ3v) is 3.63. The van der Waals surface area contributed by atoms with Gasteiger partial charge in [0.25, 0.3) is 5.91 Å². The van der Waals surface area contributed by atoms with Gasteiger partial charge in [0.15, 0.2) is 0 Å². The van der Waals surface area contributed by atoms with E-state index in [9.17, 15) is 4.79 Å². The standard InChI is InChI=1S/C15H22N2O2/c1-11-5-6-13(12(2)7-11)17(4)14(18)8-19-15(3)9-16-10-15/h5-7,16H,8-10H2,1-4H3. The predicted molar refractivity (Wildman–Crippen MR) is 76.6 cm³/mol. The summed E-state index contributed by atoms with van der Waals surface area (Å²) in [6.45, 7) is 7.84. The van der Waals surface area contributed by atoms with Crippen molar-refractivity contribution in [2.75, 3.05) is 31.6 Å². The first-order valence-electron chi connectivity index (χ1n) is 6.60. The summed E-state index contributed by atoms with van der Waals surface area (Å²) in [6.07, 6.45) is 0. The quantitative estimate of drug-likeness (QED) is 0.897. The molecule has 0 radical (unpaired) electrons. The molecule has 0 aromatic heterocycles. The average molecular weight is 262 g/mol. The normalized spacial score (nSPS) is 16.8. The number of nitrogens with one attached hydrogen (secondary N) is 1. The molecule has 4 nitrogen and oxygen atoms in total. The molecular weight excluding hydrogens is 240 g/mol. The Balaban J connectivity index is 1.98. The highest BCUT2D eigenvalue weighted by Gasteiger charge is 2.33. The second-order valence-electron chi connectivity index (χ2n) is 5.58. The molecule has 1 fully saturated rings. The maximum atomic E-state index is 12.1. The summed E-state index contributed by atoms with van der Waals surface area (Å²) in [7, 11) is 1.80. The third-order valence-electron chi connectivity index (χ3n) is 3.63. The molecule has 104 valence electrons. The van der Waals surface area contributed by atoms with E-state index in [1.54, 1.807) is 11.9 Å². The molecule has 0 saturated carbocycles. The van der Waals surface area contributed by atoms with Gasteiger partial charge in [-0.05, 0) is 32.4 Å². The van der Waals surface area contributed by atoms with Crippen molar-refractivity contribution < 1.29 is 9.53 Å². The largest absolute Gasteiger partial charge is 0.363 e. The molecule has 0 spiro atoms. The Bertz CT molecular complexity index is 481. The molecule has 0 unspecified atom stereocenters. The summed E-state index contributed by atoms with van der Waals surface area (Å²) in [5, 5.41) is 3.15. The van der Waals surface area contributed by atoms with Crippen molar-refractivity contribution in [1.82, 2.24) is 5.32 Å². The zero-order valence-corrected chi connectivity index (χ0v) is 12.1. The fraction of sp³-hybridized carbons (Fsp3) is 0.533. The van der Waals surface area contributed by atoms with Crippen molar-refractivity contribution in [3.8, 4) is 0 Å². The van der Waals surface area contributed by atoms with Crippen LogP contribution in [0.4, 0.5) is 5.69 Å². The molecule has 1 aliphatic heterocycles. The van der Waals surface area contributed by atoms with E-state index in [4.69, 9.17) is 4.74 Å². The molecular formula is C15H22N2O2. The molecule has 1 aliphatic rings.